The van der Waals surface area contributed by atoms with Gasteiger partial charge in [0.1, 0.15) is 11.2 Å². The second-order valence-corrected chi connectivity index (χ2v) is 7.45. The van der Waals surface area contributed by atoms with E-state index in [9.17, 15) is 4.79 Å². The van der Waals surface area contributed by atoms with E-state index in [1.54, 1.807) is 11.3 Å². The van der Waals surface area contributed by atoms with Crippen molar-refractivity contribution >= 4 is 17.1 Å². The molecule has 3 nitrogen and oxygen atoms in total. The van der Waals surface area contributed by atoms with Crippen molar-refractivity contribution in [3.8, 4) is 0 Å². The summed E-state index contributed by atoms with van der Waals surface area (Å²) in [5.74, 6) is 0.286. The van der Waals surface area contributed by atoms with Crippen LogP contribution in [0, 0.1) is 6.92 Å². The minimum atomic E-state index is -0.604. The van der Waals surface area contributed by atoms with Gasteiger partial charge in [0.05, 0.1) is 18.8 Å². The van der Waals surface area contributed by atoms with Gasteiger partial charge in [0.15, 0.2) is 0 Å². The van der Waals surface area contributed by atoms with Crippen LogP contribution < -0.4 is 0 Å². The number of rotatable bonds is 4. The molecule has 2 heterocycles. The van der Waals surface area contributed by atoms with Gasteiger partial charge in [-0.2, -0.15) is 0 Å². The standard InChI is InChI=1S/C19H25NO2S/c1-4-16(21)19(17-13-15(2)14-23-17)8-6-5-7-18(19,3)20-9-11-22-12-10-20/h5-8,13-14H,4,9-12H2,1-3H3. The minimum Gasteiger partial charge on any atom is -0.379 e. The quantitative estimate of drug-likeness (QED) is 0.846. The number of thiophene rings is 1. The zero-order chi connectivity index (χ0) is 16.5. The molecule has 0 saturated carbocycles. The number of nitrogens with zero attached hydrogens (tertiary/aromatic N) is 1. The smallest absolute Gasteiger partial charge is 0.149 e. The van der Waals surface area contributed by atoms with Crippen molar-refractivity contribution in [2.45, 2.75) is 38.1 Å². The predicted molar refractivity (Wildman–Crippen MR) is 95.1 cm³/mol. The zero-order valence-electron chi connectivity index (χ0n) is 14.2. The number of aryl methyl sites for hydroxylation is 1. The van der Waals surface area contributed by atoms with E-state index in [1.165, 1.54) is 5.56 Å². The summed E-state index contributed by atoms with van der Waals surface area (Å²) in [4.78, 5) is 16.8. The maximum atomic E-state index is 13.2. The van der Waals surface area contributed by atoms with Gasteiger partial charge in [0.2, 0.25) is 0 Å². The molecule has 0 N–H and O–H groups in total. The Morgan fingerprint density at radius 1 is 1.30 bits per heavy atom. The first-order valence-corrected chi connectivity index (χ1v) is 9.21. The van der Waals surface area contributed by atoms with Crippen LogP contribution in [0.2, 0.25) is 0 Å². The lowest BCUT2D eigenvalue weighted by Gasteiger charge is -2.52. The molecule has 1 aromatic rings. The van der Waals surface area contributed by atoms with Crippen LogP contribution >= 0.6 is 11.3 Å². The van der Waals surface area contributed by atoms with Crippen LogP contribution in [0.4, 0.5) is 0 Å². The van der Waals surface area contributed by atoms with E-state index in [2.05, 4.69) is 48.4 Å². The van der Waals surface area contributed by atoms with E-state index in [1.807, 2.05) is 13.0 Å². The molecule has 0 amide bonds. The Morgan fingerprint density at radius 2 is 2.00 bits per heavy atom. The summed E-state index contributed by atoms with van der Waals surface area (Å²) in [6.07, 6.45) is 8.98. The Hall–Kier alpha value is -1.23. The van der Waals surface area contributed by atoms with Crippen LogP contribution in [0.25, 0.3) is 0 Å². The largest absolute Gasteiger partial charge is 0.379 e. The molecule has 2 atom stereocenters. The van der Waals surface area contributed by atoms with Crippen LogP contribution in [0.1, 0.15) is 30.7 Å². The third-order valence-electron chi connectivity index (χ3n) is 5.22. The number of allylic oxidation sites excluding steroid dienone is 2. The number of hydrogen-bond acceptors (Lipinski definition) is 4. The average Bonchev–Trinajstić information content (AvgIpc) is 3.02. The minimum absolute atomic E-state index is 0.286. The number of Topliss-reactive ketones (excluding diaryl/α,β-unsaturated/α-hetero) is 1. The summed E-state index contributed by atoms with van der Waals surface area (Å²) < 4.78 is 5.53. The second kappa shape index (κ2) is 6.34. The van der Waals surface area contributed by atoms with E-state index in [4.69, 9.17) is 4.74 Å². The second-order valence-electron chi connectivity index (χ2n) is 6.54. The van der Waals surface area contributed by atoms with Gasteiger partial charge in [-0.25, -0.2) is 0 Å². The molecule has 0 aromatic carbocycles. The van der Waals surface area contributed by atoms with Crippen molar-refractivity contribution in [2.24, 2.45) is 0 Å². The van der Waals surface area contributed by atoms with Crippen LogP contribution in [-0.2, 0) is 14.9 Å². The zero-order valence-corrected chi connectivity index (χ0v) is 15.0. The molecule has 0 bridgehead atoms. The van der Waals surface area contributed by atoms with Gasteiger partial charge in [0, 0.05) is 24.4 Å². The summed E-state index contributed by atoms with van der Waals surface area (Å²) in [5.41, 5.74) is 0.267. The molecule has 1 aromatic heterocycles. The Balaban J connectivity index is 2.16. The van der Waals surface area contributed by atoms with E-state index >= 15 is 0 Å². The maximum Gasteiger partial charge on any atom is 0.149 e. The molecule has 23 heavy (non-hydrogen) atoms. The predicted octanol–water partition coefficient (Wildman–Crippen LogP) is 3.49. The molecule has 1 aliphatic heterocycles. The van der Waals surface area contributed by atoms with Gasteiger partial charge < -0.3 is 4.74 Å². The van der Waals surface area contributed by atoms with E-state index < -0.39 is 5.41 Å². The SMILES string of the molecule is CCC(=O)C1(c2cc(C)cs2)C=CC=CC1(C)N1CCOCC1. The van der Waals surface area contributed by atoms with E-state index in [-0.39, 0.29) is 11.3 Å². The molecule has 1 saturated heterocycles. The molecule has 1 aliphatic carbocycles. The first-order valence-electron chi connectivity index (χ1n) is 8.33. The van der Waals surface area contributed by atoms with Gasteiger partial charge in [-0.15, -0.1) is 11.3 Å². The van der Waals surface area contributed by atoms with Crippen molar-refractivity contribution in [1.82, 2.24) is 4.90 Å². The highest BCUT2D eigenvalue weighted by Crippen LogP contribution is 2.47. The Labute approximate surface area is 142 Å². The summed E-state index contributed by atoms with van der Waals surface area (Å²) in [5, 5.41) is 2.14. The van der Waals surface area contributed by atoms with Gasteiger partial charge in [0.25, 0.3) is 0 Å². The first-order chi connectivity index (χ1) is 11.0. The summed E-state index contributed by atoms with van der Waals surface area (Å²) >= 11 is 1.70. The van der Waals surface area contributed by atoms with Crippen LogP contribution in [0.5, 0.6) is 0 Å². The lowest BCUT2D eigenvalue weighted by atomic mass is 9.62. The number of ketones is 1. The van der Waals surface area contributed by atoms with Crippen molar-refractivity contribution < 1.29 is 9.53 Å². The number of hydrogen-bond donors (Lipinski definition) is 0. The summed E-state index contributed by atoms with van der Waals surface area (Å²) in [6.45, 7) is 9.45. The molecule has 2 unspecified atom stereocenters. The first kappa shape index (κ1) is 16.6. The number of morpholine rings is 1. The highest BCUT2D eigenvalue weighted by molar-refractivity contribution is 7.10. The fourth-order valence-corrected chi connectivity index (χ4v) is 5.10. The third-order valence-corrected chi connectivity index (χ3v) is 6.41. The summed E-state index contributed by atoms with van der Waals surface area (Å²) in [6, 6.07) is 2.18. The van der Waals surface area contributed by atoms with Crippen molar-refractivity contribution in [3.63, 3.8) is 0 Å². The molecule has 2 aliphatic rings. The topological polar surface area (TPSA) is 29.5 Å². The average molecular weight is 331 g/mol. The van der Waals surface area contributed by atoms with Gasteiger partial charge in [-0.3, -0.25) is 9.69 Å². The molecule has 4 heteroatoms. The Kier molecular flexibility index (Phi) is 4.59. The lowest BCUT2D eigenvalue weighted by Crippen LogP contribution is -2.64. The van der Waals surface area contributed by atoms with Crippen LogP contribution in [0.3, 0.4) is 0 Å². The fourth-order valence-electron chi connectivity index (χ4n) is 3.89. The molecule has 0 radical (unpaired) electrons. The lowest BCUT2D eigenvalue weighted by molar-refractivity contribution is -0.128. The number of carbonyl (C=O) groups is 1. The van der Waals surface area contributed by atoms with Gasteiger partial charge in [-0.05, 0) is 30.9 Å². The van der Waals surface area contributed by atoms with Crippen LogP contribution in [0.15, 0.2) is 35.8 Å². The van der Waals surface area contributed by atoms with E-state index in [0.29, 0.717) is 6.42 Å². The van der Waals surface area contributed by atoms with Gasteiger partial charge >= 0.3 is 0 Å². The molecular weight excluding hydrogens is 306 g/mol. The highest BCUT2D eigenvalue weighted by Gasteiger charge is 2.55. The Morgan fingerprint density at radius 3 is 2.61 bits per heavy atom. The highest BCUT2D eigenvalue weighted by atomic mass is 32.1. The number of carbonyl (C=O) groups excluding carboxylic acids is 1. The van der Waals surface area contributed by atoms with Crippen molar-refractivity contribution in [3.05, 3.63) is 46.2 Å². The van der Waals surface area contributed by atoms with Crippen molar-refractivity contribution in [1.29, 1.82) is 0 Å². The fraction of sp³-hybridized carbons (Fsp3) is 0.526. The maximum absolute atomic E-state index is 13.2. The molecule has 3 rings (SSSR count). The van der Waals surface area contributed by atoms with E-state index in [0.717, 1.165) is 31.2 Å². The normalized spacial score (nSPS) is 31.4. The number of ether oxygens (including phenoxy) is 1. The van der Waals surface area contributed by atoms with Crippen molar-refractivity contribution in [2.75, 3.05) is 26.3 Å². The summed E-state index contributed by atoms with van der Waals surface area (Å²) in [7, 11) is 0. The van der Waals surface area contributed by atoms with Crippen LogP contribution in [-0.4, -0.2) is 42.5 Å². The molecule has 0 spiro atoms. The molecule has 124 valence electrons. The monoisotopic (exact) mass is 331 g/mol. The third kappa shape index (κ3) is 2.53. The Bertz CT molecular complexity index is 642. The molecule has 1 fully saturated rings. The molecular formula is C19H25NO2S. The van der Waals surface area contributed by atoms with Gasteiger partial charge in [-0.1, -0.05) is 31.2 Å².